The van der Waals surface area contributed by atoms with Crippen molar-refractivity contribution in [2.75, 3.05) is 0 Å². The van der Waals surface area contributed by atoms with Gasteiger partial charge in [-0.05, 0) is 34.7 Å². The van der Waals surface area contributed by atoms with Gasteiger partial charge >= 0.3 is 18.0 Å². The third-order valence-electron chi connectivity index (χ3n) is 7.62. The molecule has 1 heterocycles. The summed E-state index contributed by atoms with van der Waals surface area (Å²) in [4.78, 5) is 55.6. The highest BCUT2D eigenvalue weighted by Crippen LogP contribution is 2.20. The van der Waals surface area contributed by atoms with Crippen LogP contribution in [-0.2, 0) is 54.8 Å². The van der Waals surface area contributed by atoms with Gasteiger partial charge in [-0.2, -0.15) is 0 Å². The van der Waals surface area contributed by atoms with Crippen molar-refractivity contribution >= 4 is 34.8 Å². The minimum Gasteiger partial charge on any atom is -0.459 e. The van der Waals surface area contributed by atoms with Gasteiger partial charge in [-0.15, -0.1) is 0 Å². The number of para-hydroxylation sites is 1. The van der Waals surface area contributed by atoms with E-state index in [4.69, 9.17) is 14.2 Å². The van der Waals surface area contributed by atoms with Crippen molar-refractivity contribution in [1.82, 2.24) is 15.6 Å². The molecule has 4 aromatic carbocycles. The molecule has 0 fully saturated rings. The van der Waals surface area contributed by atoms with E-state index in [0.29, 0.717) is 0 Å². The Morgan fingerprint density at radius 2 is 1.08 bits per heavy atom. The Morgan fingerprint density at radius 3 is 1.67 bits per heavy atom. The molecule has 5 rings (SSSR count). The Morgan fingerprint density at radius 1 is 0.583 bits per heavy atom. The third kappa shape index (κ3) is 10.1. The van der Waals surface area contributed by atoms with E-state index in [2.05, 4.69) is 15.6 Å². The lowest BCUT2D eigenvalue weighted by atomic mass is 10.0. The van der Waals surface area contributed by atoms with Crippen molar-refractivity contribution in [3.63, 3.8) is 0 Å². The van der Waals surface area contributed by atoms with Gasteiger partial charge in [0.05, 0.1) is 0 Å². The Hall–Kier alpha value is -5.90. The first kappa shape index (κ1) is 33.5. The first-order valence-electron chi connectivity index (χ1n) is 15.7. The summed E-state index contributed by atoms with van der Waals surface area (Å²) in [5.74, 6) is -1.82. The third-order valence-corrected chi connectivity index (χ3v) is 7.62. The van der Waals surface area contributed by atoms with Gasteiger partial charge in [0.15, 0.2) is 0 Å². The molecule has 0 aliphatic carbocycles. The van der Waals surface area contributed by atoms with E-state index in [-0.39, 0.29) is 39.1 Å². The number of amides is 2. The van der Waals surface area contributed by atoms with Crippen LogP contribution in [0.4, 0.5) is 4.79 Å². The highest BCUT2D eigenvalue weighted by molar-refractivity contribution is 5.88. The molecule has 1 aromatic heterocycles. The summed E-state index contributed by atoms with van der Waals surface area (Å²) in [5.41, 5.74) is 4.08. The predicted molar refractivity (Wildman–Crippen MR) is 179 cm³/mol. The minimum absolute atomic E-state index is 0.000444. The second kappa shape index (κ2) is 17.1. The van der Waals surface area contributed by atoms with Gasteiger partial charge in [0.2, 0.25) is 5.91 Å². The summed E-state index contributed by atoms with van der Waals surface area (Å²) in [6.07, 6.45) is 0.857. The molecule has 3 N–H and O–H groups in total. The number of ether oxygens (including phenoxy) is 3. The quantitative estimate of drug-likeness (QED) is 0.0972. The minimum atomic E-state index is -1.18. The number of fused-ring (bicyclic) bond motifs is 1. The molecule has 10 nitrogen and oxygen atoms in total. The van der Waals surface area contributed by atoms with Crippen LogP contribution in [-0.4, -0.2) is 41.0 Å². The first-order valence-corrected chi connectivity index (χ1v) is 15.7. The van der Waals surface area contributed by atoms with E-state index >= 15 is 0 Å². The smallest absolute Gasteiger partial charge is 0.408 e. The molecule has 5 aromatic rings. The van der Waals surface area contributed by atoms with E-state index in [9.17, 15) is 19.2 Å². The number of carbonyl (C=O) groups is 4. The standard InChI is InChI=1S/C38H37N3O7/c42-35(40-34(37(44)47-25-28-14-6-2-7-15-28)22-30-23-39-32-19-11-10-18-31(30)32)21-20-33(36(43)46-24-27-12-4-1-5-13-27)41-38(45)48-26-29-16-8-3-9-17-29/h1-19,23,33-34,39H,20-22,24-26H2,(H,40,42)(H,41,45)/t33-,34+/m1/s1. The number of nitrogens with one attached hydrogen (secondary N) is 3. The number of aromatic nitrogens is 1. The fourth-order valence-electron chi connectivity index (χ4n) is 5.07. The highest BCUT2D eigenvalue weighted by Gasteiger charge is 2.27. The maximum absolute atomic E-state index is 13.3. The molecular weight excluding hydrogens is 610 g/mol. The fraction of sp³-hybridized carbons (Fsp3) is 0.211. The van der Waals surface area contributed by atoms with E-state index in [1.807, 2.05) is 103 Å². The molecule has 2 amide bonds. The molecule has 0 unspecified atom stereocenters. The average molecular weight is 648 g/mol. The Bertz CT molecular complexity index is 1790. The van der Waals surface area contributed by atoms with Gasteiger partial charge in [-0.3, -0.25) is 4.79 Å². The van der Waals surface area contributed by atoms with Gasteiger partial charge in [0, 0.05) is 29.9 Å². The number of aromatic amines is 1. The van der Waals surface area contributed by atoms with Crippen LogP contribution in [0.25, 0.3) is 10.9 Å². The summed E-state index contributed by atoms with van der Waals surface area (Å²) in [6, 6.07) is 32.9. The number of benzene rings is 4. The lowest BCUT2D eigenvalue weighted by molar-refractivity contribution is -0.150. The van der Waals surface area contributed by atoms with Crippen molar-refractivity contribution in [3.05, 3.63) is 144 Å². The van der Waals surface area contributed by atoms with E-state index in [1.165, 1.54) is 0 Å². The average Bonchev–Trinajstić information content (AvgIpc) is 3.54. The van der Waals surface area contributed by atoms with Crippen LogP contribution in [0, 0.1) is 0 Å². The largest absolute Gasteiger partial charge is 0.459 e. The lowest BCUT2D eigenvalue weighted by Crippen LogP contribution is -2.45. The molecule has 0 aliphatic heterocycles. The van der Waals surface area contributed by atoms with Gasteiger partial charge in [-0.25, -0.2) is 14.4 Å². The summed E-state index contributed by atoms with van der Waals surface area (Å²) >= 11 is 0. The van der Waals surface area contributed by atoms with Crippen LogP contribution in [0.5, 0.6) is 0 Å². The van der Waals surface area contributed by atoms with Crippen molar-refractivity contribution in [1.29, 1.82) is 0 Å². The highest BCUT2D eigenvalue weighted by atomic mass is 16.6. The molecule has 10 heteroatoms. The second-order valence-electron chi connectivity index (χ2n) is 11.2. The monoisotopic (exact) mass is 647 g/mol. The molecule has 0 saturated carbocycles. The Labute approximate surface area is 278 Å². The molecule has 48 heavy (non-hydrogen) atoms. The maximum atomic E-state index is 13.3. The normalized spacial score (nSPS) is 12.0. The van der Waals surface area contributed by atoms with Crippen LogP contribution in [0.3, 0.4) is 0 Å². The second-order valence-corrected chi connectivity index (χ2v) is 11.2. The first-order chi connectivity index (χ1) is 23.4. The van der Waals surface area contributed by atoms with Crippen LogP contribution in [0.1, 0.15) is 35.1 Å². The Kier molecular flexibility index (Phi) is 11.9. The number of esters is 2. The van der Waals surface area contributed by atoms with Crippen LogP contribution in [0.2, 0.25) is 0 Å². The van der Waals surface area contributed by atoms with Crippen molar-refractivity contribution in [2.45, 2.75) is 51.2 Å². The number of carbonyl (C=O) groups excluding carboxylic acids is 4. The number of hydrogen-bond donors (Lipinski definition) is 3. The topological polar surface area (TPSA) is 136 Å². The van der Waals surface area contributed by atoms with Crippen molar-refractivity contribution < 1.29 is 33.4 Å². The SMILES string of the molecule is O=C(CC[C@@H](NC(=O)OCc1ccccc1)C(=O)OCc1ccccc1)N[C@@H](Cc1c[nH]c2ccccc12)C(=O)OCc1ccccc1. The predicted octanol–water partition coefficient (Wildman–Crippen LogP) is 5.76. The number of hydrogen-bond acceptors (Lipinski definition) is 7. The van der Waals surface area contributed by atoms with Crippen molar-refractivity contribution in [3.8, 4) is 0 Å². The van der Waals surface area contributed by atoms with Crippen molar-refractivity contribution in [2.24, 2.45) is 0 Å². The molecule has 0 spiro atoms. The zero-order valence-electron chi connectivity index (χ0n) is 26.3. The molecule has 0 bridgehead atoms. The molecule has 0 saturated heterocycles. The summed E-state index contributed by atoms with van der Waals surface area (Å²) in [5, 5.41) is 6.25. The number of rotatable bonds is 15. The molecule has 0 radical (unpaired) electrons. The number of H-pyrrole nitrogens is 1. The van der Waals surface area contributed by atoms with E-state index in [0.717, 1.165) is 33.2 Å². The molecule has 246 valence electrons. The summed E-state index contributed by atoms with van der Waals surface area (Å²) in [7, 11) is 0. The Balaban J connectivity index is 1.24. The fourth-order valence-corrected chi connectivity index (χ4v) is 5.07. The van der Waals surface area contributed by atoms with Gasteiger partial charge in [0.1, 0.15) is 31.9 Å². The molecular formula is C38H37N3O7. The molecule has 0 aliphatic rings. The van der Waals surface area contributed by atoms with Gasteiger partial charge < -0.3 is 29.8 Å². The molecule has 2 atom stereocenters. The lowest BCUT2D eigenvalue weighted by Gasteiger charge is -2.20. The van der Waals surface area contributed by atoms with Gasteiger partial charge in [-0.1, -0.05) is 109 Å². The number of alkyl carbamates (subject to hydrolysis) is 1. The summed E-state index contributed by atoms with van der Waals surface area (Å²) < 4.78 is 16.4. The van der Waals surface area contributed by atoms with E-state index < -0.39 is 36.0 Å². The zero-order chi connectivity index (χ0) is 33.6. The van der Waals surface area contributed by atoms with E-state index in [1.54, 1.807) is 18.3 Å². The maximum Gasteiger partial charge on any atom is 0.408 e. The van der Waals surface area contributed by atoms with Gasteiger partial charge in [0.25, 0.3) is 0 Å². The summed E-state index contributed by atoms with van der Waals surface area (Å²) in [6.45, 7) is 0.0346. The van der Waals surface area contributed by atoms with Crippen LogP contribution >= 0.6 is 0 Å². The zero-order valence-corrected chi connectivity index (χ0v) is 26.3. The van der Waals surface area contributed by atoms with Crippen LogP contribution in [0.15, 0.2) is 121 Å². The van der Waals surface area contributed by atoms with Crippen LogP contribution < -0.4 is 10.6 Å².